The molecule has 0 aliphatic carbocycles. The van der Waals surface area contributed by atoms with Crippen molar-refractivity contribution in [3.8, 4) is 11.3 Å². The molecule has 2 heterocycles. The highest BCUT2D eigenvalue weighted by Gasteiger charge is 2.37. The van der Waals surface area contributed by atoms with E-state index in [-0.39, 0.29) is 5.92 Å². The van der Waals surface area contributed by atoms with Crippen molar-refractivity contribution in [3.63, 3.8) is 0 Å². The topological polar surface area (TPSA) is 98.6 Å². The second-order valence-electron chi connectivity index (χ2n) is 8.71. The summed E-state index contributed by atoms with van der Waals surface area (Å²) in [5.74, 6) is 0.728. The molecule has 4 rings (SSSR count). The molecule has 1 fully saturated rings. The van der Waals surface area contributed by atoms with Crippen LogP contribution in [0.15, 0.2) is 54.7 Å². The van der Waals surface area contributed by atoms with Crippen molar-refractivity contribution >= 4 is 22.8 Å². The van der Waals surface area contributed by atoms with Gasteiger partial charge in [-0.15, -0.1) is 0 Å². The van der Waals surface area contributed by atoms with Gasteiger partial charge in [-0.1, -0.05) is 36.4 Å². The number of nitrogens with one attached hydrogen (secondary N) is 1. The third kappa shape index (κ3) is 4.77. The minimum atomic E-state index is -1.13. The average Bonchev–Trinajstić information content (AvgIpc) is 2.76. The van der Waals surface area contributed by atoms with E-state index in [0.29, 0.717) is 19.0 Å². The summed E-state index contributed by atoms with van der Waals surface area (Å²) in [6.07, 6.45) is 2.17. The summed E-state index contributed by atoms with van der Waals surface area (Å²) >= 11 is 0. The number of amides is 1. The first-order valence-electron chi connectivity index (χ1n) is 10.6. The molecule has 1 saturated heterocycles. The number of carbonyl (C=O) groups is 1. The van der Waals surface area contributed by atoms with Crippen molar-refractivity contribution in [2.75, 3.05) is 18.0 Å². The highest BCUT2D eigenvalue weighted by atomic mass is 16.4. The van der Waals surface area contributed by atoms with E-state index >= 15 is 0 Å². The van der Waals surface area contributed by atoms with Crippen LogP contribution < -0.4 is 10.2 Å². The van der Waals surface area contributed by atoms with Gasteiger partial charge in [0.2, 0.25) is 5.95 Å². The predicted molar refractivity (Wildman–Crippen MR) is 121 cm³/mol. The summed E-state index contributed by atoms with van der Waals surface area (Å²) < 4.78 is 0. The van der Waals surface area contributed by atoms with Gasteiger partial charge in [-0.05, 0) is 55.5 Å². The molecule has 0 bridgehead atoms. The zero-order valence-electron chi connectivity index (χ0n) is 17.8. The number of piperidine rings is 1. The second kappa shape index (κ2) is 8.51. The van der Waals surface area contributed by atoms with Crippen LogP contribution in [0.1, 0.15) is 26.7 Å². The van der Waals surface area contributed by atoms with E-state index in [0.717, 1.165) is 24.1 Å². The largest absolute Gasteiger partial charge is 0.465 e. The van der Waals surface area contributed by atoms with Gasteiger partial charge in [0.15, 0.2) is 0 Å². The maximum absolute atomic E-state index is 11.2. The zero-order valence-corrected chi connectivity index (χ0v) is 17.8. The normalized spacial score (nSPS) is 16.3. The standard InChI is InChI=1S/C24H28N4O3/c1-24(2,31)21(27-23(29)30)17-10-13-28(14-11-17)22-25-12-9-20(26-22)19-8-7-16-5-3-4-6-18(16)15-19/h3-9,12,15,17,21,27,31H,10-11,13-14H2,1-2H3,(H,29,30)/t21-/m1/s1. The highest BCUT2D eigenvalue weighted by Crippen LogP contribution is 2.29. The van der Waals surface area contributed by atoms with Crippen molar-refractivity contribution in [2.24, 2.45) is 5.92 Å². The van der Waals surface area contributed by atoms with Gasteiger partial charge in [0.1, 0.15) is 0 Å². The molecule has 0 saturated carbocycles. The van der Waals surface area contributed by atoms with Crippen LogP contribution in [-0.2, 0) is 0 Å². The minimum Gasteiger partial charge on any atom is -0.465 e. The quantitative estimate of drug-likeness (QED) is 0.579. The van der Waals surface area contributed by atoms with Gasteiger partial charge in [-0.25, -0.2) is 14.8 Å². The maximum Gasteiger partial charge on any atom is 0.404 e. The number of benzene rings is 2. The fourth-order valence-corrected chi connectivity index (χ4v) is 4.45. The fourth-order valence-electron chi connectivity index (χ4n) is 4.45. The second-order valence-corrected chi connectivity index (χ2v) is 8.71. The lowest BCUT2D eigenvalue weighted by Gasteiger charge is -2.40. The smallest absolute Gasteiger partial charge is 0.404 e. The Morgan fingerprint density at radius 1 is 1.13 bits per heavy atom. The molecule has 2 aromatic carbocycles. The highest BCUT2D eigenvalue weighted by molar-refractivity contribution is 5.86. The van der Waals surface area contributed by atoms with Crippen LogP contribution in [0.25, 0.3) is 22.0 Å². The van der Waals surface area contributed by atoms with Crippen LogP contribution >= 0.6 is 0 Å². The number of fused-ring (bicyclic) bond motifs is 1. The zero-order chi connectivity index (χ0) is 22.0. The monoisotopic (exact) mass is 420 g/mol. The van der Waals surface area contributed by atoms with Crippen LogP contribution in [0.5, 0.6) is 0 Å². The summed E-state index contributed by atoms with van der Waals surface area (Å²) in [7, 11) is 0. The van der Waals surface area contributed by atoms with Gasteiger partial charge < -0.3 is 20.4 Å². The molecule has 3 aromatic rings. The number of hydrogen-bond acceptors (Lipinski definition) is 5. The van der Waals surface area contributed by atoms with Gasteiger partial charge in [0, 0.05) is 24.8 Å². The number of hydrogen-bond donors (Lipinski definition) is 3. The van der Waals surface area contributed by atoms with Gasteiger partial charge >= 0.3 is 6.09 Å². The van der Waals surface area contributed by atoms with E-state index < -0.39 is 17.7 Å². The Labute approximate surface area is 181 Å². The summed E-state index contributed by atoms with van der Waals surface area (Å²) in [5.41, 5.74) is 0.794. The van der Waals surface area contributed by atoms with E-state index in [4.69, 9.17) is 10.1 Å². The van der Waals surface area contributed by atoms with Crippen molar-refractivity contribution in [2.45, 2.75) is 38.3 Å². The van der Waals surface area contributed by atoms with Crippen LogP contribution in [0, 0.1) is 5.92 Å². The molecular formula is C24H28N4O3. The number of anilines is 1. The first-order valence-corrected chi connectivity index (χ1v) is 10.6. The molecule has 1 aromatic heterocycles. The third-order valence-corrected chi connectivity index (χ3v) is 6.02. The average molecular weight is 421 g/mol. The Hall–Kier alpha value is -3.19. The van der Waals surface area contributed by atoms with Crippen LogP contribution in [0.4, 0.5) is 10.7 Å². The number of rotatable bonds is 5. The summed E-state index contributed by atoms with van der Waals surface area (Å²) in [6, 6.07) is 16.0. The molecular weight excluding hydrogens is 392 g/mol. The maximum atomic E-state index is 11.2. The Balaban J connectivity index is 1.49. The molecule has 0 radical (unpaired) electrons. The van der Waals surface area contributed by atoms with E-state index in [1.54, 1.807) is 20.0 Å². The molecule has 1 amide bonds. The summed E-state index contributed by atoms with van der Waals surface area (Å²) in [5, 5.41) is 24.5. The van der Waals surface area contributed by atoms with Gasteiger partial charge in [0.25, 0.3) is 0 Å². The lowest BCUT2D eigenvalue weighted by Crippen LogP contribution is -2.55. The van der Waals surface area contributed by atoms with Crippen molar-refractivity contribution in [1.82, 2.24) is 15.3 Å². The van der Waals surface area contributed by atoms with Gasteiger partial charge in [0.05, 0.1) is 17.3 Å². The SMILES string of the molecule is CC(C)(O)[C@H](NC(=O)O)C1CCN(c2nccc(-c3ccc4ccccc4c3)n2)CC1. The van der Waals surface area contributed by atoms with E-state index in [2.05, 4.69) is 45.5 Å². The molecule has 0 unspecified atom stereocenters. The number of nitrogens with zero attached hydrogens (tertiary/aromatic N) is 3. The Bertz CT molecular complexity index is 1070. The molecule has 1 aliphatic heterocycles. The molecule has 162 valence electrons. The lowest BCUT2D eigenvalue weighted by molar-refractivity contribution is 0.0103. The van der Waals surface area contributed by atoms with E-state index in [1.165, 1.54) is 10.8 Å². The molecule has 1 aliphatic rings. The lowest BCUT2D eigenvalue weighted by atomic mass is 9.81. The molecule has 3 N–H and O–H groups in total. The third-order valence-electron chi connectivity index (χ3n) is 6.02. The molecule has 1 atom stereocenters. The van der Waals surface area contributed by atoms with Crippen LogP contribution in [0.2, 0.25) is 0 Å². The molecule has 31 heavy (non-hydrogen) atoms. The minimum absolute atomic E-state index is 0.0519. The molecule has 0 spiro atoms. The van der Waals surface area contributed by atoms with Crippen LogP contribution in [0.3, 0.4) is 0 Å². The van der Waals surface area contributed by atoms with Crippen molar-refractivity contribution < 1.29 is 15.0 Å². The fraction of sp³-hybridized carbons (Fsp3) is 0.375. The van der Waals surface area contributed by atoms with Gasteiger partial charge in [-0.3, -0.25) is 0 Å². The first kappa shape index (κ1) is 21.1. The Morgan fingerprint density at radius 2 is 1.84 bits per heavy atom. The number of carboxylic acid groups (broad SMARTS) is 1. The summed E-state index contributed by atoms with van der Waals surface area (Å²) in [6.45, 7) is 4.71. The van der Waals surface area contributed by atoms with Crippen LogP contribution in [-0.4, -0.2) is 51.0 Å². The first-order chi connectivity index (χ1) is 14.8. The predicted octanol–water partition coefficient (Wildman–Crippen LogP) is 3.92. The van der Waals surface area contributed by atoms with E-state index in [1.807, 2.05) is 18.2 Å². The van der Waals surface area contributed by atoms with Crippen molar-refractivity contribution in [1.29, 1.82) is 0 Å². The Kier molecular flexibility index (Phi) is 5.78. The number of aliphatic hydroxyl groups is 1. The molecule has 7 nitrogen and oxygen atoms in total. The Morgan fingerprint density at radius 3 is 2.52 bits per heavy atom. The number of aromatic nitrogens is 2. The molecule has 7 heteroatoms. The van der Waals surface area contributed by atoms with Crippen molar-refractivity contribution in [3.05, 3.63) is 54.7 Å². The summed E-state index contributed by atoms with van der Waals surface area (Å²) in [4.78, 5) is 22.6. The van der Waals surface area contributed by atoms with Gasteiger partial charge in [-0.2, -0.15) is 0 Å². The van der Waals surface area contributed by atoms with E-state index in [9.17, 15) is 9.90 Å².